The van der Waals surface area contributed by atoms with Crippen molar-refractivity contribution in [2.75, 3.05) is 6.61 Å². The van der Waals surface area contributed by atoms with Crippen molar-refractivity contribution in [3.8, 4) is 5.75 Å². The Bertz CT molecular complexity index is 729. The van der Waals surface area contributed by atoms with Gasteiger partial charge in [0, 0.05) is 10.2 Å². The van der Waals surface area contributed by atoms with Crippen LogP contribution in [0.25, 0.3) is 10.8 Å². The molecule has 0 bridgehead atoms. The summed E-state index contributed by atoms with van der Waals surface area (Å²) < 4.78 is 7.41. The number of fused-ring (bicyclic) bond motifs is 1. The van der Waals surface area contributed by atoms with Crippen LogP contribution in [0.5, 0.6) is 5.75 Å². The quantitative estimate of drug-likeness (QED) is 0.557. The number of halogens is 2. The summed E-state index contributed by atoms with van der Waals surface area (Å²) in [6, 6.07) is 9.78. The molecular weight excluding hydrogens is 412 g/mol. The van der Waals surface area contributed by atoms with Crippen molar-refractivity contribution < 1.29 is 9.53 Å². The molecule has 116 valence electrons. The van der Waals surface area contributed by atoms with E-state index in [1.165, 1.54) is 0 Å². The van der Waals surface area contributed by atoms with Crippen molar-refractivity contribution in [2.24, 2.45) is 5.10 Å². The van der Waals surface area contributed by atoms with E-state index in [4.69, 9.17) is 4.74 Å². The summed E-state index contributed by atoms with van der Waals surface area (Å²) in [6.07, 6.45) is 0.799. The third-order valence-electron chi connectivity index (χ3n) is 3.12. The fourth-order valence-electron chi connectivity index (χ4n) is 1.77. The number of rotatable bonds is 5. The molecule has 0 aliphatic heterocycles. The van der Waals surface area contributed by atoms with E-state index in [0.717, 1.165) is 31.9 Å². The number of ether oxygens (including phenoxy) is 1. The summed E-state index contributed by atoms with van der Waals surface area (Å²) in [5.74, 6) is 0.344. The highest BCUT2D eigenvalue weighted by Gasteiger charge is 2.09. The van der Waals surface area contributed by atoms with E-state index in [0.29, 0.717) is 5.75 Å². The predicted molar refractivity (Wildman–Crippen MR) is 96.4 cm³/mol. The minimum Gasteiger partial charge on any atom is -0.483 e. The first-order valence-electron chi connectivity index (χ1n) is 6.84. The zero-order valence-electron chi connectivity index (χ0n) is 12.3. The molecule has 1 N–H and O–H groups in total. The van der Waals surface area contributed by atoms with Gasteiger partial charge in [0.1, 0.15) is 5.75 Å². The fourth-order valence-corrected chi connectivity index (χ4v) is 2.75. The minimum atomic E-state index is -0.282. The maximum atomic E-state index is 11.7. The Balaban J connectivity index is 2.07. The van der Waals surface area contributed by atoms with Gasteiger partial charge in [0.15, 0.2) is 6.61 Å². The summed E-state index contributed by atoms with van der Waals surface area (Å²) in [6.45, 7) is 3.76. The minimum absolute atomic E-state index is 0.0822. The Kier molecular flexibility index (Phi) is 5.97. The summed E-state index contributed by atoms with van der Waals surface area (Å²) in [5, 5.41) is 6.07. The second-order valence-corrected chi connectivity index (χ2v) is 6.48. The van der Waals surface area contributed by atoms with Gasteiger partial charge in [0.2, 0.25) is 0 Å². The van der Waals surface area contributed by atoms with Gasteiger partial charge in [0.05, 0.1) is 4.47 Å². The average molecular weight is 428 g/mol. The number of carbonyl (C=O) groups is 1. The Hall–Kier alpha value is -1.40. The molecule has 0 aliphatic carbocycles. The topological polar surface area (TPSA) is 50.7 Å². The van der Waals surface area contributed by atoms with Crippen LogP contribution in [0.15, 0.2) is 44.4 Å². The molecule has 1 amide bonds. The fraction of sp³-hybridized carbons (Fsp3) is 0.250. The smallest absolute Gasteiger partial charge is 0.277 e. The van der Waals surface area contributed by atoms with Crippen LogP contribution in [0, 0.1) is 0 Å². The third kappa shape index (κ3) is 4.30. The normalized spacial score (nSPS) is 11.5. The monoisotopic (exact) mass is 426 g/mol. The van der Waals surface area contributed by atoms with Crippen LogP contribution >= 0.6 is 31.9 Å². The summed E-state index contributed by atoms with van der Waals surface area (Å²) in [5.41, 5.74) is 3.34. The first-order chi connectivity index (χ1) is 10.5. The Morgan fingerprint density at radius 3 is 2.77 bits per heavy atom. The van der Waals surface area contributed by atoms with Gasteiger partial charge in [-0.15, -0.1) is 0 Å². The predicted octanol–water partition coefficient (Wildman–Crippen LogP) is 4.65. The lowest BCUT2D eigenvalue weighted by Gasteiger charge is -2.10. The number of carbonyl (C=O) groups excluding carboxylic acids is 1. The van der Waals surface area contributed by atoms with E-state index in [9.17, 15) is 4.79 Å². The maximum Gasteiger partial charge on any atom is 0.277 e. The number of hydrogen-bond acceptors (Lipinski definition) is 3. The molecular formula is C16H16Br2N2O2. The van der Waals surface area contributed by atoms with Crippen LogP contribution in [0.2, 0.25) is 0 Å². The molecule has 2 aromatic carbocycles. The number of nitrogens with zero attached hydrogens (tertiary/aromatic N) is 1. The van der Waals surface area contributed by atoms with Gasteiger partial charge in [-0.3, -0.25) is 4.79 Å². The van der Waals surface area contributed by atoms with Crippen LogP contribution in [0.4, 0.5) is 0 Å². The SMILES string of the molecule is CC/C(C)=N/NC(=O)COc1ccc2cc(Br)ccc2c1Br. The van der Waals surface area contributed by atoms with Gasteiger partial charge in [-0.05, 0) is 58.2 Å². The van der Waals surface area contributed by atoms with E-state index >= 15 is 0 Å². The van der Waals surface area contributed by atoms with E-state index in [2.05, 4.69) is 42.4 Å². The second-order valence-electron chi connectivity index (χ2n) is 4.77. The van der Waals surface area contributed by atoms with Gasteiger partial charge in [0.25, 0.3) is 5.91 Å². The van der Waals surface area contributed by atoms with Crippen molar-refractivity contribution >= 4 is 54.3 Å². The van der Waals surface area contributed by atoms with Crippen molar-refractivity contribution in [2.45, 2.75) is 20.3 Å². The molecule has 0 atom stereocenters. The zero-order valence-corrected chi connectivity index (χ0v) is 15.5. The van der Waals surface area contributed by atoms with Gasteiger partial charge < -0.3 is 4.74 Å². The van der Waals surface area contributed by atoms with Gasteiger partial charge in [-0.2, -0.15) is 5.10 Å². The molecule has 0 unspecified atom stereocenters. The molecule has 22 heavy (non-hydrogen) atoms. The van der Waals surface area contributed by atoms with Crippen molar-refractivity contribution in [3.63, 3.8) is 0 Å². The van der Waals surface area contributed by atoms with Crippen LogP contribution in [0.3, 0.4) is 0 Å². The largest absolute Gasteiger partial charge is 0.483 e. The molecule has 0 heterocycles. The second kappa shape index (κ2) is 7.74. The molecule has 0 saturated carbocycles. The van der Waals surface area contributed by atoms with Crippen LogP contribution < -0.4 is 10.2 Å². The molecule has 4 nitrogen and oxygen atoms in total. The van der Waals surface area contributed by atoms with Crippen LogP contribution in [-0.4, -0.2) is 18.2 Å². The first-order valence-corrected chi connectivity index (χ1v) is 8.42. The Morgan fingerprint density at radius 1 is 1.27 bits per heavy atom. The molecule has 0 aliphatic rings. The Morgan fingerprint density at radius 2 is 2.05 bits per heavy atom. The van der Waals surface area contributed by atoms with Crippen LogP contribution in [0.1, 0.15) is 20.3 Å². The first kappa shape index (κ1) is 17.0. The van der Waals surface area contributed by atoms with Gasteiger partial charge >= 0.3 is 0 Å². The maximum absolute atomic E-state index is 11.7. The van der Waals surface area contributed by atoms with Crippen molar-refractivity contribution in [1.29, 1.82) is 0 Å². The summed E-state index contributed by atoms with van der Waals surface area (Å²) >= 11 is 6.98. The molecule has 0 aromatic heterocycles. The molecule has 0 spiro atoms. The molecule has 0 saturated heterocycles. The molecule has 2 aromatic rings. The lowest BCUT2D eigenvalue weighted by Crippen LogP contribution is -2.25. The van der Waals surface area contributed by atoms with E-state index in [1.54, 1.807) is 0 Å². The number of hydrazone groups is 1. The van der Waals surface area contributed by atoms with Crippen molar-refractivity contribution in [3.05, 3.63) is 39.3 Å². The number of hydrogen-bond donors (Lipinski definition) is 1. The van der Waals surface area contributed by atoms with Gasteiger partial charge in [-0.1, -0.05) is 35.0 Å². The highest BCUT2D eigenvalue weighted by Crippen LogP contribution is 2.34. The van der Waals surface area contributed by atoms with Gasteiger partial charge in [-0.25, -0.2) is 5.43 Å². The highest BCUT2D eigenvalue weighted by molar-refractivity contribution is 9.11. The highest BCUT2D eigenvalue weighted by atomic mass is 79.9. The summed E-state index contributed by atoms with van der Waals surface area (Å²) in [4.78, 5) is 11.7. The zero-order chi connectivity index (χ0) is 16.1. The third-order valence-corrected chi connectivity index (χ3v) is 4.43. The Labute approximate surface area is 146 Å². The molecule has 2 rings (SSSR count). The molecule has 0 fully saturated rings. The molecule has 0 radical (unpaired) electrons. The number of amides is 1. The van der Waals surface area contributed by atoms with E-state index in [1.807, 2.05) is 44.2 Å². The van der Waals surface area contributed by atoms with E-state index in [-0.39, 0.29) is 12.5 Å². The van der Waals surface area contributed by atoms with Crippen LogP contribution in [-0.2, 0) is 4.79 Å². The number of benzene rings is 2. The van der Waals surface area contributed by atoms with Crippen molar-refractivity contribution in [1.82, 2.24) is 5.43 Å². The average Bonchev–Trinajstić information content (AvgIpc) is 2.51. The standard InChI is InChI=1S/C16H16Br2N2O2/c1-3-10(2)19-20-15(21)9-22-14-7-4-11-8-12(17)5-6-13(11)16(14)18/h4-8H,3,9H2,1-2H3,(H,20,21)/b19-10+. The lowest BCUT2D eigenvalue weighted by atomic mass is 10.1. The summed E-state index contributed by atoms with van der Waals surface area (Å²) in [7, 11) is 0. The van der Waals surface area contributed by atoms with E-state index < -0.39 is 0 Å². The number of nitrogens with one attached hydrogen (secondary N) is 1. The lowest BCUT2D eigenvalue weighted by molar-refractivity contribution is -0.123. The molecule has 6 heteroatoms.